The van der Waals surface area contributed by atoms with Crippen molar-refractivity contribution in [1.29, 1.82) is 0 Å². The molecule has 102 valence electrons. The van der Waals surface area contributed by atoms with Crippen LogP contribution in [0.2, 0.25) is 0 Å². The quantitative estimate of drug-likeness (QED) is 0.477. The molecule has 0 bridgehead atoms. The van der Waals surface area contributed by atoms with Crippen LogP contribution in [0.1, 0.15) is 0 Å². The molecule has 3 unspecified atom stereocenters. The highest BCUT2D eigenvalue weighted by atomic mass is 16.5. The van der Waals surface area contributed by atoms with Crippen molar-refractivity contribution in [2.75, 3.05) is 34.9 Å². The van der Waals surface area contributed by atoms with Crippen LogP contribution in [0.3, 0.4) is 0 Å². The summed E-state index contributed by atoms with van der Waals surface area (Å²) in [5.41, 5.74) is 0. The van der Waals surface area contributed by atoms with Crippen LogP contribution in [-0.2, 0) is 28.6 Å². The van der Waals surface area contributed by atoms with Gasteiger partial charge in [0.05, 0.1) is 33.2 Å². The average molecular weight is 259 g/mol. The van der Waals surface area contributed by atoms with Crippen LogP contribution < -0.4 is 0 Å². The van der Waals surface area contributed by atoms with Gasteiger partial charge in [0.15, 0.2) is 0 Å². The van der Waals surface area contributed by atoms with E-state index in [9.17, 15) is 14.4 Å². The summed E-state index contributed by atoms with van der Waals surface area (Å²) in [6.07, 6.45) is 0. The van der Waals surface area contributed by atoms with E-state index >= 15 is 0 Å². The molecule has 3 atom stereocenters. The van der Waals surface area contributed by atoms with Crippen molar-refractivity contribution >= 4 is 17.9 Å². The lowest BCUT2D eigenvalue weighted by Crippen LogP contribution is -2.42. The standard InChI is InChI=1S/C11H17NO6/c1-12-5-6(9(13)16-2)7(10(14)17-3)8(12)11(15)18-4/h6-8H,5H2,1-4H3. The fourth-order valence-corrected chi connectivity index (χ4v) is 2.28. The Morgan fingerprint density at radius 3 is 1.89 bits per heavy atom. The number of hydrogen-bond donors (Lipinski definition) is 0. The molecule has 0 saturated carbocycles. The maximum absolute atomic E-state index is 11.8. The van der Waals surface area contributed by atoms with E-state index in [0.29, 0.717) is 0 Å². The molecule has 0 amide bonds. The van der Waals surface area contributed by atoms with Gasteiger partial charge in [-0.05, 0) is 7.05 Å². The minimum absolute atomic E-state index is 0.242. The maximum atomic E-state index is 11.8. The topological polar surface area (TPSA) is 82.1 Å². The van der Waals surface area contributed by atoms with Crippen molar-refractivity contribution in [2.45, 2.75) is 6.04 Å². The number of hydrogen-bond acceptors (Lipinski definition) is 7. The first-order valence-corrected chi connectivity index (χ1v) is 5.41. The van der Waals surface area contributed by atoms with Crippen LogP contribution in [0.5, 0.6) is 0 Å². The van der Waals surface area contributed by atoms with Crippen molar-refractivity contribution < 1.29 is 28.6 Å². The van der Waals surface area contributed by atoms with E-state index in [-0.39, 0.29) is 6.54 Å². The Hall–Kier alpha value is -1.63. The van der Waals surface area contributed by atoms with Gasteiger partial charge >= 0.3 is 17.9 Å². The van der Waals surface area contributed by atoms with Crippen LogP contribution in [-0.4, -0.2) is 63.8 Å². The molecule has 0 spiro atoms. The third-order valence-corrected chi connectivity index (χ3v) is 3.15. The molecule has 0 aromatic rings. The monoisotopic (exact) mass is 259 g/mol. The predicted octanol–water partition coefficient (Wildman–Crippen LogP) is -0.948. The fraction of sp³-hybridized carbons (Fsp3) is 0.727. The summed E-state index contributed by atoms with van der Waals surface area (Å²) >= 11 is 0. The first-order chi connectivity index (χ1) is 8.47. The average Bonchev–Trinajstić information content (AvgIpc) is 2.73. The van der Waals surface area contributed by atoms with E-state index in [1.807, 2.05) is 0 Å². The molecule has 0 aliphatic carbocycles. The molecule has 7 nitrogen and oxygen atoms in total. The van der Waals surface area contributed by atoms with Gasteiger partial charge in [-0.25, -0.2) is 0 Å². The van der Waals surface area contributed by atoms with E-state index in [4.69, 9.17) is 0 Å². The van der Waals surface area contributed by atoms with Gasteiger partial charge in [-0.15, -0.1) is 0 Å². The molecule has 1 heterocycles. The van der Waals surface area contributed by atoms with E-state index in [2.05, 4.69) is 14.2 Å². The summed E-state index contributed by atoms with van der Waals surface area (Å²) in [6, 6.07) is -0.827. The first kappa shape index (κ1) is 14.4. The number of likely N-dealkylation sites (N-methyl/N-ethyl adjacent to an activating group) is 1. The van der Waals surface area contributed by atoms with Gasteiger partial charge in [-0.1, -0.05) is 0 Å². The highest BCUT2D eigenvalue weighted by Gasteiger charge is 2.52. The van der Waals surface area contributed by atoms with Crippen LogP contribution >= 0.6 is 0 Å². The van der Waals surface area contributed by atoms with Crippen molar-refractivity contribution in [3.05, 3.63) is 0 Å². The second kappa shape index (κ2) is 5.81. The van der Waals surface area contributed by atoms with Crippen LogP contribution in [0, 0.1) is 11.8 Å². The minimum Gasteiger partial charge on any atom is -0.469 e. The summed E-state index contributed by atoms with van der Waals surface area (Å²) in [4.78, 5) is 36.7. The van der Waals surface area contributed by atoms with Gasteiger partial charge < -0.3 is 14.2 Å². The normalized spacial score (nSPS) is 27.7. The van der Waals surface area contributed by atoms with Gasteiger partial charge in [-0.2, -0.15) is 0 Å². The Morgan fingerprint density at radius 1 is 0.944 bits per heavy atom. The van der Waals surface area contributed by atoms with Gasteiger partial charge in [-0.3, -0.25) is 19.3 Å². The van der Waals surface area contributed by atoms with Crippen LogP contribution in [0.4, 0.5) is 0 Å². The number of methoxy groups -OCH3 is 3. The van der Waals surface area contributed by atoms with Gasteiger partial charge in [0, 0.05) is 6.54 Å². The van der Waals surface area contributed by atoms with E-state index in [0.717, 1.165) is 0 Å². The predicted molar refractivity (Wildman–Crippen MR) is 59.4 cm³/mol. The Morgan fingerprint density at radius 2 is 1.44 bits per heavy atom. The third-order valence-electron chi connectivity index (χ3n) is 3.15. The fourth-order valence-electron chi connectivity index (χ4n) is 2.28. The molecule has 18 heavy (non-hydrogen) atoms. The largest absolute Gasteiger partial charge is 0.469 e. The molecule has 0 aromatic carbocycles. The molecule has 1 aliphatic heterocycles. The van der Waals surface area contributed by atoms with Crippen molar-refractivity contribution in [3.8, 4) is 0 Å². The first-order valence-electron chi connectivity index (χ1n) is 5.41. The van der Waals surface area contributed by atoms with Crippen molar-refractivity contribution in [1.82, 2.24) is 4.90 Å². The van der Waals surface area contributed by atoms with Gasteiger partial charge in [0.2, 0.25) is 0 Å². The molecule has 1 aliphatic rings. The Bertz CT molecular complexity index is 355. The lowest BCUT2D eigenvalue weighted by atomic mass is 9.90. The molecule has 1 rings (SSSR count). The molecule has 1 saturated heterocycles. The summed E-state index contributed by atoms with van der Waals surface area (Å²) < 4.78 is 13.9. The second-order valence-electron chi connectivity index (χ2n) is 4.09. The van der Waals surface area contributed by atoms with Crippen molar-refractivity contribution in [2.24, 2.45) is 11.8 Å². The second-order valence-corrected chi connectivity index (χ2v) is 4.09. The molecule has 7 heteroatoms. The number of esters is 3. The van der Waals surface area contributed by atoms with Crippen LogP contribution in [0.15, 0.2) is 0 Å². The van der Waals surface area contributed by atoms with Gasteiger partial charge in [0.1, 0.15) is 6.04 Å². The number of carbonyl (C=O) groups is 3. The number of nitrogens with zero attached hydrogens (tertiary/aromatic N) is 1. The number of rotatable bonds is 3. The minimum atomic E-state index is -0.903. The highest BCUT2D eigenvalue weighted by Crippen LogP contribution is 2.31. The zero-order valence-electron chi connectivity index (χ0n) is 10.8. The molecule has 1 fully saturated rings. The van der Waals surface area contributed by atoms with E-state index < -0.39 is 35.8 Å². The van der Waals surface area contributed by atoms with Gasteiger partial charge in [0.25, 0.3) is 0 Å². The highest BCUT2D eigenvalue weighted by molar-refractivity contribution is 5.90. The Balaban J connectivity index is 3.06. The molecular weight excluding hydrogens is 242 g/mol. The number of carbonyl (C=O) groups excluding carboxylic acids is 3. The summed E-state index contributed by atoms with van der Waals surface area (Å²) in [5.74, 6) is -3.36. The summed E-state index contributed by atoms with van der Waals surface area (Å²) in [7, 11) is 5.32. The lowest BCUT2D eigenvalue weighted by molar-refractivity contribution is -0.160. The molecular formula is C11H17NO6. The maximum Gasteiger partial charge on any atom is 0.324 e. The number of ether oxygens (including phenoxy) is 3. The smallest absolute Gasteiger partial charge is 0.324 e. The zero-order valence-corrected chi connectivity index (χ0v) is 10.8. The summed E-state index contributed by atoms with van der Waals surface area (Å²) in [6.45, 7) is 0.242. The number of likely N-dealkylation sites (tertiary alicyclic amines) is 1. The molecule has 0 radical (unpaired) electrons. The zero-order chi connectivity index (χ0) is 13.9. The van der Waals surface area contributed by atoms with Crippen molar-refractivity contribution in [3.63, 3.8) is 0 Å². The molecule has 0 aromatic heterocycles. The molecule has 0 N–H and O–H groups in total. The van der Waals surface area contributed by atoms with E-state index in [1.54, 1.807) is 11.9 Å². The third kappa shape index (κ3) is 2.45. The Labute approximate surface area is 105 Å². The van der Waals surface area contributed by atoms with E-state index in [1.165, 1.54) is 21.3 Å². The summed E-state index contributed by atoms with van der Waals surface area (Å²) in [5, 5.41) is 0. The lowest BCUT2D eigenvalue weighted by Gasteiger charge is -2.21. The van der Waals surface area contributed by atoms with Crippen LogP contribution in [0.25, 0.3) is 0 Å². The SMILES string of the molecule is COC(=O)C1CN(C)C(C(=O)OC)C1C(=O)OC. The Kier molecular flexibility index (Phi) is 4.66.